The molecule has 0 fully saturated rings. The molecule has 2 atom stereocenters. The monoisotopic (exact) mass is 544 g/mol. The average molecular weight is 545 g/mol. The van der Waals surface area contributed by atoms with E-state index < -0.39 is 52.3 Å². The van der Waals surface area contributed by atoms with Crippen molar-refractivity contribution in [3.63, 3.8) is 0 Å². The van der Waals surface area contributed by atoms with Gasteiger partial charge in [0.25, 0.3) is 0 Å². The predicted molar refractivity (Wildman–Crippen MR) is 133 cm³/mol. The normalized spacial score (nSPS) is 13.1. The summed E-state index contributed by atoms with van der Waals surface area (Å²) in [7, 11) is 0. The Balaban J connectivity index is 0.000000499. The lowest BCUT2D eigenvalue weighted by Crippen LogP contribution is -2.43. The Hall–Kier alpha value is -3.47. The van der Waals surface area contributed by atoms with Crippen LogP contribution in [-0.2, 0) is 14.3 Å². The van der Waals surface area contributed by atoms with Crippen LogP contribution in [0.15, 0.2) is 36.4 Å². The number of esters is 1. The number of amides is 1. The van der Waals surface area contributed by atoms with E-state index in [0.29, 0.717) is 12.8 Å². The molecule has 2 rings (SSSR count). The van der Waals surface area contributed by atoms with E-state index in [2.05, 4.69) is 5.43 Å². The van der Waals surface area contributed by atoms with Gasteiger partial charge >= 0.3 is 5.97 Å². The first-order chi connectivity index (χ1) is 17.6. The van der Waals surface area contributed by atoms with Crippen molar-refractivity contribution in [2.75, 3.05) is 0 Å². The topological polar surface area (TPSA) is 102 Å². The summed E-state index contributed by atoms with van der Waals surface area (Å²) in [5.41, 5.74) is 2.64. The van der Waals surface area contributed by atoms with Gasteiger partial charge in [-0.05, 0) is 45.1 Å². The lowest BCUT2D eigenvalue weighted by atomic mass is 9.82. The van der Waals surface area contributed by atoms with E-state index in [1.807, 2.05) is 77.1 Å². The van der Waals surface area contributed by atoms with Crippen molar-refractivity contribution in [3.8, 4) is 5.75 Å². The van der Waals surface area contributed by atoms with Crippen molar-refractivity contribution in [1.82, 2.24) is 5.43 Å². The van der Waals surface area contributed by atoms with Crippen molar-refractivity contribution >= 4 is 18.0 Å². The molecule has 210 valence electrons. The number of aromatic hydroxyl groups is 1. The summed E-state index contributed by atoms with van der Waals surface area (Å²) < 4.78 is 66.2. The molecule has 0 unspecified atom stereocenters. The van der Waals surface area contributed by atoms with Gasteiger partial charge in [0.15, 0.2) is 5.75 Å². The molecule has 0 saturated heterocycles. The molecule has 6 nitrogen and oxygen atoms in total. The third-order valence-electron chi connectivity index (χ3n) is 5.09. The molecule has 0 radical (unpaired) electrons. The molecule has 1 amide bonds. The maximum Gasteiger partial charge on any atom is 0.310 e. The standard InChI is InChI=1S/C21H32N2O3.C6HF5O/c1-15(2)14-18(19(24)23-22)17(20(25)26-21(3,4)5)13-9-12-16-10-7-6-8-11-16;7-1-2(8)4(10)6(12)5(11)3(1)9/h6-12,15,17-18H,13-14,22H2,1-5H3,(H,23,24);12H/b12-9+;/t17-,18+;/m0./s1. The minimum atomic E-state index is -2.29. The van der Waals surface area contributed by atoms with Gasteiger partial charge in [0.1, 0.15) is 5.60 Å². The van der Waals surface area contributed by atoms with Crippen LogP contribution in [0.4, 0.5) is 22.0 Å². The molecule has 0 bridgehead atoms. The van der Waals surface area contributed by atoms with Gasteiger partial charge < -0.3 is 9.84 Å². The number of nitrogens with one attached hydrogen (secondary N) is 1. The van der Waals surface area contributed by atoms with Crippen molar-refractivity contribution in [2.24, 2.45) is 23.6 Å². The third kappa shape index (κ3) is 9.77. The lowest BCUT2D eigenvalue weighted by Gasteiger charge is -2.28. The molecule has 0 spiro atoms. The second kappa shape index (κ2) is 14.5. The van der Waals surface area contributed by atoms with Gasteiger partial charge in [0.2, 0.25) is 35.0 Å². The van der Waals surface area contributed by atoms with Crippen LogP contribution in [-0.4, -0.2) is 22.6 Å². The van der Waals surface area contributed by atoms with Crippen LogP contribution in [0.3, 0.4) is 0 Å². The number of hydrogen-bond donors (Lipinski definition) is 3. The van der Waals surface area contributed by atoms with Crippen LogP contribution in [0, 0.1) is 46.8 Å². The summed E-state index contributed by atoms with van der Waals surface area (Å²) in [4.78, 5) is 25.1. The van der Waals surface area contributed by atoms with Crippen LogP contribution in [0.25, 0.3) is 6.08 Å². The van der Waals surface area contributed by atoms with Crippen LogP contribution in [0.2, 0.25) is 0 Å². The summed E-state index contributed by atoms with van der Waals surface area (Å²) in [6, 6.07) is 9.82. The minimum Gasteiger partial charge on any atom is -0.503 e. The number of phenols is 1. The first-order valence-corrected chi connectivity index (χ1v) is 11.8. The molecule has 0 aliphatic rings. The first kappa shape index (κ1) is 32.6. The molecule has 0 saturated carbocycles. The number of rotatable bonds is 8. The van der Waals surface area contributed by atoms with Gasteiger partial charge in [-0.2, -0.15) is 8.78 Å². The summed E-state index contributed by atoms with van der Waals surface area (Å²) in [6.45, 7) is 9.50. The second-order valence-electron chi connectivity index (χ2n) is 9.85. The van der Waals surface area contributed by atoms with E-state index in [-0.39, 0.29) is 17.8 Å². The van der Waals surface area contributed by atoms with Crippen LogP contribution in [0.1, 0.15) is 53.0 Å². The SMILES string of the molecule is CC(C)C[C@@H](C(=O)NN)[C@H](C/C=C/c1ccccc1)C(=O)OC(C)(C)C.Oc1c(F)c(F)c(F)c(F)c1F. The zero-order valence-electron chi connectivity index (χ0n) is 21.8. The lowest BCUT2D eigenvalue weighted by molar-refractivity contribution is -0.164. The van der Waals surface area contributed by atoms with Crippen molar-refractivity contribution < 1.29 is 41.4 Å². The van der Waals surface area contributed by atoms with E-state index in [1.54, 1.807) is 0 Å². The van der Waals surface area contributed by atoms with Crippen LogP contribution < -0.4 is 11.3 Å². The number of carbonyl (C=O) groups is 2. The Bertz CT molecular complexity index is 1010. The Labute approximate surface area is 218 Å². The van der Waals surface area contributed by atoms with Crippen LogP contribution >= 0.6 is 0 Å². The van der Waals surface area contributed by atoms with E-state index in [1.165, 1.54) is 0 Å². The molecule has 38 heavy (non-hydrogen) atoms. The van der Waals surface area contributed by atoms with E-state index >= 15 is 0 Å². The predicted octanol–water partition coefficient (Wildman–Crippen LogP) is 5.79. The number of allylic oxidation sites excluding steroid dienone is 1. The number of hydrazine groups is 1. The average Bonchev–Trinajstić information content (AvgIpc) is 2.86. The number of ether oxygens (including phenoxy) is 1. The fraction of sp³-hybridized carbons (Fsp3) is 0.407. The second-order valence-corrected chi connectivity index (χ2v) is 9.85. The zero-order chi connectivity index (χ0) is 29.2. The molecule has 11 heteroatoms. The number of carbonyl (C=O) groups excluding carboxylic acids is 2. The number of hydrogen-bond acceptors (Lipinski definition) is 5. The Morgan fingerprint density at radius 2 is 1.45 bits per heavy atom. The zero-order valence-corrected chi connectivity index (χ0v) is 21.8. The summed E-state index contributed by atoms with van der Waals surface area (Å²) >= 11 is 0. The summed E-state index contributed by atoms with van der Waals surface area (Å²) in [5, 5.41) is 8.30. The summed E-state index contributed by atoms with van der Waals surface area (Å²) in [5.74, 6) is -9.14. The molecule has 2 aromatic carbocycles. The van der Waals surface area contributed by atoms with Gasteiger partial charge in [0, 0.05) is 0 Å². The molecular weight excluding hydrogens is 511 g/mol. The number of nitrogens with two attached hydrogens (primary N) is 1. The van der Waals surface area contributed by atoms with Gasteiger partial charge in [-0.25, -0.2) is 19.0 Å². The van der Waals surface area contributed by atoms with Gasteiger partial charge in [-0.3, -0.25) is 15.0 Å². The largest absolute Gasteiger partial charge is 0.503 e. The highest BCUT2D eigenvalue weighted by Gasteiger charge is 2.36. The third-order valence-corrected chi connectivity index (χ3v) is 5.09. The molecule has 2 aromatic rings. The Morgan fingerprint density at radius 1 is 0.947 bits per heavy atom. The quantitative estimate of drug-likeness (QED) is 0.0743. The number of halogens is 5. The summed E-state index contributed by atoms with van der Waals surface area (Å²) in [6.07, 6.45) is 4.84. The molecule has 0 aliphatic carbocycles. The van der Waals surface area contributed by atoms with Crippen molar-refractivity contribution in [2.45, 2.75) is 53.1 Å². The van der Waals surface area contributed by atoms with Crippen LogP contribution in [0.5, 0.6) is 5.75 Å². The minimum absolute atomic E-state index is 0.250. The molecule has 0 aliphatic heterocycles. The Kier molecular flexibility index (Phi) is 12.4. The highest BCUT2D eigenvalue weighted by molar-refractivity contribution is 5.85. The maximum absolute atomic E-state index is 12.8. The number of benzene rings is 2. The Morgan fingerprint density at radius 3 is 1.89 bits per heavy atom. The van der Waals surface area contributed by atoms with Crippen molar-refractivity contribution in [1.29, 1.82) is 0 Å². The van der Waals surface area contributed by atoms with Gasteiger partial charge in [0.05, 0.1) is 11.8 Å². The van der Waals surface area contributed by atoms with Gasteiger partial charge in [-0.1, -0.05) is 56.3 Å². The molecular formula is C27H33F5N2O4. The molecule has 0 heterocycles. The molecule has 0 aromatic heterocycles. The smallest absolute Gasteiger partial charge is 0.310 e. The van der Waals surface area contributed by atoms with E-state index in [9.17, 15) is 31.5 Å². The van der Waals surface area contributed by atoms with Crippen molar-refractivity contribution in [3.05, 3.63) is 71.1 Å². The maximum atomic E-state index is 12.8. The highest BCUT2D eigenvalue weighted by atomic mass is 19.2. The fourth-order valence-electron chi connectivity index (χ4n) is 3.38. The highest BCUT2D eigenvalue weighted by Crippen LogP contribution is 2.28. The van der Waals surface area contributed by atoms with E-state index in [4.69, 9.17) is 15.7 Å². The van der Waals surface area contributed by atoms with Gasteiger partial charge in [-0.15, -0.1) is 0 Å². The number of phenolic OH excluding ortho intramolecular Hbond substituents is 1. The first-order valence-electron chi connectivity index (χ1n) is 11.8. The molecule has 4 N–H and O–H groups in total. The fourth-order valence-corrected chi connectivity index (χ4v) is 3.38. The van der Waals surface area contributed by atoms with E-state index in [0.717, 1.165) is 5.56 Å².